The van der Waals surface area contributed by atoms with Crippen molar-refractivity contribution in [1.29, 1.82) is 5.41 Å². The Balaban J connectivity index is 0.00000192. The first-order chi connectivity index (χ1) is 19.2. The van der Waals surface area contributed by atoms with Crippen LogP contribution >= 0.6 is 11.8 Å². The highest BCUT2D eigenvalue weighted by Gasteiger charge is 2.31. The molecule has 1 saturated carbocycles. The Hall–Kier alpha value is -3.76. The molecular weight excluding hydrogens is 542 g/mol. The summed E-state index contributed by atoms with van der Waals surface area (Å²) in [6, 6.07) is 0.112. The quantitative estimate of drug-likeness (QED) is 0.273. The van der Waals surface area contributed by atoms with E-state index in [2.05, 4.69) is 27.1 Å². The van der Waals surface area contributed by atoms with Crippen molar-refractivity contribution in [3.05, 3.63) is 41.4 Å². The number of nitrogens with one attached hydrogen (secondary N) is 2. The van der Waals surface area contributed by atoms with E-state index in [1.165, 1.54) is 36.5 Å². The molecule has 1 unspecified atom stereocenters. The molecule has 2 atom stereocenters. The SMILES string of the molecule is CC.COC1=CNC(C(F)F)C=C1c1cc(N2CCO[C@@H](C)C2=O)ncc1C(=O)N=C(N)SC(=N)C#CC1CC1.[HH]. The highest BCUT2D eigenvalue weighted by Crippen LogP contribution is 2.33. The third-order valence-electron chi connectivity index (χ3n) is 5.88. The van der Waals surface area contributed by atoms with Crippen molar-refractivity contribution in [2.45, 2.75) is 52.2 Å². The Morgan fingerprint density at radius 1 is 1.43 bits per heavy atom. The van der Waals surface area contributed by atoms with Crippen LogP contribution in [0.15, 0.2) is 35.3 Å². The predicted octanol–water partition coefficient (Wildman–Crippen LogP) is 3.79. The van der Waals surface area contributed by atoms with Crippen LogP contribution in [-0.2, 0) is 14.3 Å². The Morgan fingerprint density at radius 2 is 2.15 bits per heavy atom. The van der Waals surface area contributed by atoms with Gasteiger partial charge in [-0.05, 0) is 49.6 Å². The standard InChI is InChI=1S/C25H26F2N6O4S.C2H6.H2/c1-13-24(35)33(7-8-37-13)21-10-15(16-9-18(22(26)27)30-12-19(16)36-2)17(11-31-21)23(34)32-25(29)38-20(28)6-5-14-3-4-14;1-2;/h9-14,18,22,28,30H,3-4,7-8H2,1-2H3,(H2,29,32,34);1-2H3;1H/t13-,18?;;/m0../s1. The minimum absolute atomic E-state index is 0. The van der Waals surface area contributed by atoms with Crippen molar-refractivity contribution in [2.24, 2.45) is 16.6 Å². The summed E-state index contributed by atoms with van der Waals surface area (Å²) in [5, 5.41) is 10.2. The lowest BCUT2D eigenvalue weighted by atomic mass is 9.95. The molecule has 3 heterocycles. The minimum atomic E-state index is -2.74. The summed E-state index contributed by atoms with van der Waals surface area (Å²) < 4.78 is 37.9. The van der Waals surface area contributed by atoms with Gasteiger partial charge in [0.25, 0.3) is 18.2 Å². The number of aliphatic imine (C=N–C) groups is 1. The maximum atomic E-state index is 13.6. The molecule has 2 aliphatic heterocycles. The first-order valence-corrected chi connectivity index (χ1v) is 13.6. The van der Waals surface area contributed by atoms with Crippen LogP contribution in [0.3, 0.4) is 0 Å². The zero-order chi connectivity index (χ0) is 29.4. The van der Waals surface area contributed by atoms with Crippen molar-refractivity contribution >= 4 is 45.2 Å². The number of amides is 2. The molecule has 10 nitrogen and oxygen atoms in total. The van der Waals surface area contributed by atoms with Gasteiger partial charge < -0.3 is 20.5 Å². The first kappa shape index (κ1) is 30.8. The lowest BCUT2D eigenvalue weighted by molar-refractivity contribution is -0.132. The number of dihydropyridines is 1. The number of allylic oxidation sites excluding steroid dienone is 1. The molecule has 2 fully saturated rings. The number of alkyl halides is 2. The summed E-state index contributed by atoms with van der Waals surface area (Å²) in [6.07, 6.45) is 2.32. The Kier molecular flexibility index (Phi) is 10.8. The van der Waals surface area contributed by atoms with E-state index in [1.807, 2.05) is 13.8 Å². The number of thioether (sulfide) groups is 1. The summed E-state index contributed by atoms with van der Waals surface area (Å²) in [5.74, 6) is 5.18. The van der Waals surface area contributed by atoms with Gasteiger partial charge in [0.1, 0.15) is 28.8 Å². The maximum absolute atomic E-state index is 13.6. The number of morpholine rings is 1. The van der Waals surface area contributed by atoms with E-state index >= 15 is 0 Å². The average Bonchev–Trinajstić information content (AvgIpc) is 3.78. The summed E-state index contributed by atoms with van der Waals surface area (Å²) in [6.45, 7) is 6.12. The molecule has 40 heavy (non-hydrogen) atoms. The molecule has 0 spiro atoms. The fourth-order valence-corrected chi connectivity index (χ4v) is 4.19. The second-order valence-corrected chi connectivity index (χ2v) is 9.67. The number of rotatable bonds is 5. The molecule has 13 heteroatoms. The number of nitrogens with zero attached hydrogens (tertiary/aromatic N) is 3. The van der Waals surface area contributed by atoms with Crippen LogP contribution in [0.4, 0.5) is 14.6 Å². The first-order valence-electron chi connectivity index (χ1n) is 12.8. The van der Waals surface area contributed by atoms with Crippen molar-refractivity contribution in [3.63, 3.8) is 0 Å². The number of amidine groups is 1. The minimum Gasteiger partial charge on any atom is -0.495 e. The zero-order valence-corrected chi connectivity index (χ0v) is 23.5. The van der Waals surface area contributed by atoms with Crippen LogP contribution < -0.4 is 16.0 Å². The normalized spacial score (nSPS) is 20.7. The summed E-state index contributed by atoms with van der Waals surface area (Å²) in [4.78, 5) is 35.5. The van der Waals surface area contributed by atoms with Gasteiger partial charge in [-0.3, -0.25) is 19.9 Å². The fourth-order valence-electron chi connectivity index (χ4n) is 3.74. The molecule has 0 aromatic carbocycles. The molecule has 1 aromatic heterocycles. The Morgan fingerprint density at radius 3 is 2.80 bits per heavy atom. The van der Waals surface area contributed by atoms with Crippen LogP contribution in [0.5, 0.6) is 0 Å². The second kappa shape index (κ2) is 14.0. The van der Waals surface area contributed by atoms with Gasteiger partial charge in [0.05, 0.1) is 25.8 Å². The Bertz CT molecular complexity index is 1310. The molecule has 3 aliphatic rings. The monoisotopic (exact) mass is 576 g/mol. The van der Waals surface area contributed by atoms with E-state index < -0.39 is 24.5 Å². The number of carbonyl (C=O) groups is 2. The van der Waals surface area contributed by atoms with Crippen LogP contribution in [0.25, 0.3) is 5.57 Å². The third-order valence-corrected chi connectivity index (χ3v) is 6.49. The maximum Gasteiger partial charge on any atom is 0.281 e. The van der Waals surface area contributed by atoms with Crippen molar-refractivity contribution in [2.75, 3.05) is 25.2 Å². The summed E-state index contributed by atoms with van der Waals surface area (Å²) >= 11 is 0.739. The van der Waals surface area contributed by atoms with Gasteiger partial charge in [-0.25, -0.2) is 13.8 Å². The van der Waals surface area contributed by atoms with E-state index in [0.717, 1.165) is 24.6 Å². The fraction of sp³-hybridized carbons (Fsp3) is 0.444. The molecule has 2 amide bonds. The lowest BCUT2D eigenvalue weighted by Gasteiger charge is -2.30. The number of carbonyl (C=O) groups excluding carboxylic acids is 2. The number of aromatic nitrogens is 1. The average molecular weight is 577 g/mol. The largest absolute Gasteiger partial charge is 0.495 e. The van der Waals surface area contributed by atoms with E-state index in [0.29, 0.717) is 5.92 Å². The van der Waals surface area contributed by atoms with Crippen molar-refractivity contribution in [1.82, 2.24) is 10.3 Å². The number of pyridine rings is 1. The van der Waals surface area contributed by atoms with Crippen molar-refractivity contribution in [3.8, 4) is 11.8 Å². The van der Waals surface area contributed by atoms with Crippen molar-refractivity contribution < 1.29 is 29.3 Å². The number of hydrogen-bond donors (Lipinski definition) is 3. The number of halogens is 2. The van der Waals surface area contributed by atoms with Crippen LogP contribution in [0, 0.1) is 23.2 Å². The topological polar surface area (TPSA) is 143 Å². The van der Waals surface area contributed by atoms with Gasteiger partial charge in [0.2, 0.25) is 0 Å². The van der Waals surface area contributed by atoms with E-state index in [4.69, 9.17) is 20.6 Å². The molecule has 1 aromatic rings. The number of anilines is 1. The number of methoxy groups -OCH3 is 1. The van der Waals surface area contributed by atoms with Crippen LogP contribution in [0.1, 0.15) is 51.0 Å². The number of hydrogen-bond acceptors (Lipinski definition) is 8. The number of ether oxygens (including phenoxy) is 2. The predicted molar refractivity (Wildman–Crippen MR) is 153 cm³/mol. The molecular formula is C27H34F2N6O4S. The molecule has 1 saturated heterocycles. The second-order valence-electron chi connectivity index (χ2n) is 8.64. The van der Waals surface area contributed by atoms with Gasteiger partial charge in [-0.15, -0.1) is 0 Å². The van der Waals surface area contributed by atoms with Crippen LogP contribution in [-0.4, -0.2) is 65.8 Å². The zero-order valence-electron chi connectivity index (χ0n) is 22.7. The Labute approximate surface area is 237 Å². The molecule has 4 N–H and O–H groups in total. The molecule has 0 radical (unpaired) electrons. The molecule has 1 aliphatic carbocycles. The molecule has 4 rings (SSSR count). The van der Waals surface area contributed by atoms with Gasteiger partial charge in [0.15, 0.2) is 5.17 Å². The van der Waals surface area contributed by atoms with Gasteiger partial charge in [0, 0.05) is 30.9 Å². The van der Waals surface area contributed by atoms with E-state index in [1.54, 1.807) is 6.92 Å². The van der Waals surface area contributed by atoms with Gasteiger partial charge in [-0.1, -0.05) is 19.8 Å². The van der Waals surface area contributed by atoms with E-state index in [-0.39, 0.29) is 59.0 Å². The molecule has 216 valence electrons. The molecule has 0 bridgehead atoms. The summed E-state index contributed by atoms with van der Waals surface area (Å²) in [5.41, 5.74) is 6.22. The van der Waals surface area contributed by atoms with Gasteiger partial charge >= 0.3 is 0 Å². The highest BCUT2D eigenvalue weighted by molar-refractivity contribution is 8.26. The lowest BCUT2D eigenvalue weighted by Crippen LogP contribution is -2.47. The van der Waals surface area contributed by atoms with E-state index in [9.17, 15) is 18.4 Å². The third kappa shape index (κ3) is 7.67. The highest BCUT2D eigenvalue weighted by atomic mass is 32.2. The van der Waals surface area contributed by atoms with Gasteiger partial charge in [-0.2, -0.15) is 4.99 Å². The number of nitrogens with two attached hydrogens (primary N) is 1. The smallest absolute Gasteiger partial charge is 0.281 e. The summed E-state index contributed by atoms with van der Waals surface area (Å²) in [7, 11) is 1.36. The van der Waals surface area contributed by atoms with Crippen LogP contribution in [0.2, 0.25) is 0 Å².